The van der Waals surface area contributed by atoms with Crippen LogP contribution in [0.5, 0.6) is 0 Å². The van der Waals surface area contributed by atoms with Crippen molar-refractivity contribution < 1.29 is 8.42 Å². The van der Waals surface area contributed by atoms with E-state index in [1.165, 1.54) is 0 Å². The highest BCUT2D eigenvalue weighted by Crippen LogP contribution is 2.33. The number of hydrogen-bond acceptors (Lipinski definition) is 4. The van der Waals surface area contributed by atoms with Crippen LogP contribution in [0, 0.1) is 12.8 Å². The molecular formula is C13H21ClN2O2S2. The first-order valence-corrected chi connectivity index (χ1v) is 9.49. The predicted molar refractivity (Wildman–Crippen MR) is 84.1 cm³/mol. The van der Waals surface area contributed by atoms with Crippen LogP contribution in [0.1, 0.15) is 25.8 Å². The van der Waals surface area contributed by atoms with Crippen molar-refractivity contribution in [3.05, 3.63) is 16.0 Å². The second kappa shape index (κ2) is 6.32. The maximum Gasteiger partial charge on any atom is 0.252 e. The standard InChI is InChI=1S/C13H21ClN2O2S2/c1-4-15-11-5-6-16(8-10(11)3)20(17,18)12-7-9(2)13(14)19-12/h7,10-11,15H,4-6,8H2,1-3H3. The van der Waals surface area contributed by atoms with Crippen LogP contribution >= 0.6 is 22.9 Å². The van der Waals surface area contributed by atoms with Crippen LogP contribution < -0.4 is 5.32 Å². The zero-order valence-corrected chi connectivity index (χ0v) is 14.4. The highest BCUT2D eigenvalue weighted by Gasteiger charge is 2.34. The molecule has 2 atom stereocenters. The molecule has 0 saturated carbocycles. The second-order valence-electron chi connectivity index (χ2n) is 5.32. The summed E-state index contributed by atoms with van der Waals surface area (Å²) in [7, 11) is -3.40. The van der Waals surface area contributed by atoms with Gasteiger partial charge in [-0.15, -0.1) is 11.3 Å². The summed E-state index contributed by atoms with van der Waals surface area (Å²) in [5.74, 6) is 0.315. The zero-order chi connectivity index (χ0) is 14.9. The molecule has 0 aromatic carbocycles. The van der Waals surface area contributed by atoms with Crippen molar-refractivity contribution in [2.45, 2.75) is 37.4 Å². The third-order valence-corrected chi connectivity index (χ3v) is 7.63. The van der Waals surface area contributed by atoms with Crippen LogP contribution in [0.25, 0.3) is 0 Å². The van der Waals surface area contributed by atoms with E-state index in [2.05, 4.69) is 19.2 Å². The van der Waals surface area contributed by atoms with Crippen molar-refractivity contribution in [1.29, 1.82) is 0 Å². The highest BCUT2D eigenvalue weighted by molar-refractivity contribution is 7.91. The Labute approximate surface area is 130 Å². The normalized spacial score (nSPS) is 25.0. The van der Waals surface area contributed by atoms with Gasteiger partial charge in [-0.25, -0.2) is 8.42 Å². The first kappa shape index (κ1) is 16.2. The lowest BCUT2D eigenvalue weighted by molar-refractivity contribution is 0.223. The molecule has 2 rings (SSSR count). The Kier molecular flexibility index (Phi) is 5.13. The van der Waals surface area contributed by atoms with Gasteiger partial charge in [0.25, 0.3) is 10.0 Å². The Balaban J connectivity index is 2.16. The third kappa shape index (κ3) is 3.20. The van der Waals surface area contributed by atoms with Crippen molar-refractivity contribution >= 4 is 33.0 Å². The van der Waals surface area contributed by atoms with E-state index < -0.39 is 10.0 Å². The maximum absolute atomic E-state index is 12.6. The number of halogens is 1. The molecule has 7 heteroatoms. The molecule has 1 saturated heterocycles. The summed E-state index contributed by atoms with van der Waals surface area (Å²) in [6.45, 7) is 8.06. The fraction of sp³-hybridized carbons (Fsp3) is 0.692. The second-order valence-corrected chi connectivity index (χ2v) is 9.13. The lowest BCUT2D eigenvalue weighted by Gasteiger charge is -2.36. The van der Waals surface area contributed by atoms with E-state index in [0.29, 0.717) is 33.6 Å². The average Bonchev–Trinajstić information content (AvgIpc) is 2.73. The maximum atomic E-state index is 12.6. The number of hydrogen-bond donors (Lipinski definition) is 1. The lowest BCUT2D eigenvalue weighted by atomic mass is 9.95. The zero-order valence-electron chi connectivity index (χ0n) is 12.0. The van der Waals surface area contributed by atoms with E-state index in [-0.39, 0.29) is 0 Å². The first-order chi connectivity index (χ1) is 9.36. The Morgan fingerprint density at radius 2 is 2.25 bits per heavy atom. The molecule has 0 bridgehead atoms. The van der Waals surface area contributed by atoms with Gasteiger partial charge >= 0.3 is 0 Å². The van der Waals surface area contributed by atoms with Crippen LogP contribution in [0.15, 0.2) is 10.3 Å². The van der Waals surface area contributed by atoms with Crippen molar-refractivity contribution in [2.24, 2.45) is 5.92 Å². The van der Waals surface area contributed by atoms with Crippen molar-refractivity contribution in [1.82, 2.24) is 9.62 Å². The number of rotatable bonds is 4. The van der Waals surface area contributed by atoms with E-state index in [1.54, 1.807) is 10.4 Å². The molecule has 1 N–H and O–H groups in total. The summed E-state index contributed by atoms with van der Waals surface area (Å²) >= 11 is 7.14. The monoisotopic (exact) mass is 336 g/mol. The molecule has 0 spiro atoms. The van der Waals surface area contributed by atoms with Crippen LogP contribution in [0.3, 0.4) is 0 Å². The Morgan fingerprint density at radius 3 is 2.75 bits per heavy atom. The fourth-order valence-corrected chi connectivity index (χ4v) is 6.00. The first-order valence-electron chi connectivity index (χ1n) is 6.85. The molecule has 0 amide bonds. The molecule has 0 aliphatic carbocycles. The minimum absolute atomic E-state index is 0.315. The smallest absolute Gasteiger partial charge is 0.252 e. The van der Waals surface area contributed by atoms with E-state index in [1.807, 2.05) is 6.92 Å². The minimum Gasteiger partial charge on any atom is -0.314 e. The number of sulfonamides is 1. The molecule has 2 unspecified atom stereocenters. The van der Waals surface area contributed by atoms with Crippen molar-refractivity contribution in [3.8, 4) is 0 Å². The Bertz CT molecular complexity index is 551. The van der Waals surface area contributed by atoms with Gasteiger partial charge in [0.15, 0.2) is 0 Å². The van der Waals surface area contributed by atoms with Gasteiger partial charge in [-0.05, 0) is 37.4 Å². The number of nitrogens with zero attached hydrogens (tertiary/aromatic N) is 1. The summed E-state index contributed by atoms with van der Waals surface area (Å²) in [5, 5.41) is 3.42. The Morgan fingerprint density at radius 1 is 1.55 bits per heavy atom. The average molecular weight is 337 g/mol. The van der Waals surface area contributed by atoms with Crippen molar-refractivity contribution in [2.75, 3.05) is 19.6 Å². The Hall–Kier alpha value is -0.140. The molecule has 1 fully saturated rings. The molecule has 2 heterocycles. The van der Waals surface area contributed by atoms with E-state index in [0.717, 1.165) is 29.9 Å². The summed E-state index contributed by atoms with van der Waals surface area (Å²) < 4.78 is 27.7. The molecule has 1 aromatic heterocycles. The molecule has 1 aliphatic rings. The van der Waals surface area contributed by atoms with Gasteiger partial charge in [-0.1, -0.05) is 25.4 Å². The van der Waals surface area contributed by atoms with Gasteiger partial charge in [0.1, 0.15) is 4.21 Å². The number of nitrogens with one attached hydrogen (secondary N) is 1. The lowest BCUT2D eigenvalue weighted by Crippen LogP contribution is -2.49. The van der Waals surface area contributed by atoms with E-state index in [9.17, 15) is 8.42 Å². The molecule has 20 heavy (non-hydrogen) atoms. The summed E-state index contributed by atoms with van der Waals surface area (Å²) in [5.41, 5.74) is 0.825. The summed E-state index contributed by atoms with van der Waals surface area (Å²) in [6.07, 6.45) is 0.853. The number of piperidine rings is 1. The van der Waals surface area contributed by atoms with Gasteiger partial charge in [0, 0.05) is 19.1 Å². The van der Waals surface area contributed by atoms with Crippen LogP contribution in [0.2, 0.25) is 4.34 Å². The highest BCUT2D eigenvalue weighted by atomic mass is 35.5. The summed E-state index contributed by atoms with van der Waals surface area (Å²) in [4.78, 5) is 0. The fourth-order valence-electron chi connectivity index (χ4n) is 2.58. The van der Waals surface area contributed by atoms with Crippen molar-refractivity contribution in [3.63, 3.8) is 0 Å². The number of thiophene rings is 1. The van der Waals surface area contributed by atoms with Gasteiger partial charge in [0.05, 0.1) is 4.34 Å². The largest absolute Gasteiger partial charge is 0.314 e. The van der Waals surface area contributed by atoms with Gasteiger partial charge in [-0.2, -0.15) is 4.31 Å². The van der Waals surface area contributed by atoms with Gasteiger partial charge in [-0.3, -0.25) is 0 Å². The minimum atomic E-state index is -3.40. The SMILES string of the molecule is CCNC1CCN(S(=O)(=O)c2cc(C)c(Cl)s2)CC1C. The van der Waals surface area contributed by atoms with Crippen LogP contribution in [0.4, 0.5) is 0 Å². The van der Waals surface area contributed by atoms with Gasteiger partial charge in [0.2, 0.25) is 0 Å². The molecule has 1 aromatic rings. The molecular weight excluding hydrogens is 316 g/mol. The molecule has 1 aliphatic heterocycles. The van der Waals surface area contributed by atoms with Gasteiger partial charge < -0.3 is 5.32 Å². The molecule has 4 nitrogen and oxygen atoms in total. The van der Waals surface area contributed by atoms with E-state index >= 15 is 0 Å². The molecule has 0 radical (unpaired) electrons. The van der Waals surface area contributed by atoms with Crippen LogP contribution in [-0.2, 0) is 10.0 Å². The summed E-state index contributed by atoms with van der Waals surface area (Å²) in [6, 6.07) is 2.07. The third-order valence-electron chi connectivity index (χ3n) is 3.76. The topological polar surface area (TPSA) is 49.4 Å². The van der Waals surface area contributed by atoms with E-state index in [4.69, 9.17) is 11.6 Å². The number of aryl methyl sites for hydroxylation is 1. The molecule has 114 valence electrons. The predicted octanol–water partition coefficient (Wildman–Crippen LogP) is 2.72. The quantitative estimate of drug-likeness (QED) is 0.919. The van der Waals surface area contributed by atoms with Crippen LogP contribution in [-0.4, -0.2) is 38.4 Å².